The van der Waals surface area contributed by atoms with Crippen molar-refractivity contribution in [2.75, 3.05) is 24.6 Å². The SMILES string of the molecule is CC(C)c1cc(Cl)cc(C(C)C)c1CC(=O)NS(=O)(=O)C1CN(C2CSC2)C1. The molecule has 2 aliphatic heterocycles. The second-order valence-electron chi connectivity index (χ2n) is 8.39. The van der Waals surface area contributed by atoms with Crippen LogP contribution in [0.2, 0.25) is 5.02 Å². The summed E-state index contributed by atoms with van der Waals surface area (Å²) in [5.41, 5.74) is 2.89. The molecular weight excluding hydrogens is 416 g/mol. The van der Waals surface area contributed by atoms with Crippen LogP contribution in [0.1, 0.15) is 56.2 Å². The van der Waals surface area contributed by atoms with Crippen LogP contribution in [-0.4, -0.2) is 55.1 Å². The van der Waals surface area contributed by atoms with Crippen LogP contribution in [-0.2, 0) is 21.2 Å². The van der Waals surface area contributed by atoms with Crippen molar-refractivity contribution in [3.63, 3.8) is 0 Å². The van der Waals surface area contributed by atoms with E-state index in [1.807, 2.05) is 23.9 Å². The van der Waals surface area contributed by atoms with Gasteiger partial charge in [0, 0.05) is 35.7 Å². The van der Waals surface area contributed by atoms with Gasteiger partial charge in [0.05, 0.1) is 6.42 Å². The Morgan fingerprint density at radius 1 is 1.18 bits per heavy atom. The van der Waals surface area contributed by atoms with E-state index in [1.54, 1.807) is 0 Å². The number of sulfonamides is 1. The third-order valence-corrected chi connectivity index (χ3v) is 8.72. The molecule has 1 aromatic rings. The molecule has 2 heterocycles. The number of hydrogen-bond donors (Lipinski definition) is 1. The maximum atomic E-state index is 12.6. The van der Waals surface area contributed by atoms with E-state index in [4.69, 9.17) is 11.6 Å². The lowest BCUT2D eigenvalue weighted by Crippen LogP contribution is -2.63. The molecule has 2 saturated heterocycles. The highest BCUT2D eigenvalue weighted by Gasteiger charge is 2.42. The van der Waals surface area contributed by atoms with Gasteiger partial charge in [0.1, 0.15) is 5.25 Å². The highest BCUT2D eigenvalue weighted by molar-refractivity contribution is 8.00. The van der Waals surface area contributed by atoms with Crippen molar-refractivity contribution < 1.29 is 13.2 Å². The number of carbonyl (C=O) groups is 1. The first-order chi connectivity index (χ1) is 13.1. The second kappa shape index (κ2) is 8.54. The Bertz CT molecular complexity index is 816. The zero-order valence-electron chi connectivity index (χ0n) is 16.9. The number of benzene rings is 1. The first kappa shape index (κ1) is 21.9. The van der Waals surface area contributed by atoms with E-state index in [2.05, 4.69) is 37.3 Å². The lowest BCUT2D eigenvalue weighted by molar-refractivity contribution is -0.118. The van der Waals surface area contributed by atoms with E-state index in [0.717, 1.165) is 28.2 Å². The Hall–Kier alpha value is -0.760. The Morgan fingerprint density at radius 2 is 1.71 bits per heavy atom. The summed E-state index contributed by atoms with van der Waals surface area (Å²) < 4.78 is 27.5. The zero-order valence-corrected chi connectivity index (χ0v) is 19.3. The number of carbonyl (C=O) groups excluding carboxylic acids is 1. The maximum Gasteiger partial charge on any atom is 0.240 e. The number of rotatable bonds is 7. The third kappa shape index (κ3) is 4.69. The molecule has 0 bridgehead atoms. The van der Waals surface area contributed by atoms with Crippen LogP contribution in [0.15, 0.2) is 12.1 Å². The largest absolute Gasteiger partial charge is 0.296 e. The average Bonchev–Trinajstić information content (AvgIpc) is 2.48. The van der Waals surface area contributed by atoms with Gasteiger partial charge < -0.3 is 0 Å². The van der Waals surface area contributed by atoms with Gasteiger partial charge in [0.25, 0.3) is 0 Å². The predicted molar refractivity (Wildman–Crippen MR) is 117 cm³/mol. The fourth-order valence-electron chi connectivity index (χ4n) is 3.75. The van der Waals surface area contributed by atoms with Gasteiger partial charge in [-0.25, -0.2) is 8.42 Å². The van der Waals surface area contributed by atoms with Gasteiger partial charge in [-0.3, -0.25) is 14.4 Å². The van der Waals surface area contributed by atoms with Gasteiger partial charge in [-0.15, -0.1) is 0 Å². The van der Waals surface area contributed by atoms with E-state index in [-0.39, 0.29) is 18.3 Å². The molecule has 2 fully saturated rings. The summed E-state index contributed by atoms with van der Waals surface area (Å²) >= 11 is 8.16. The Morgan fingerprint density at radius 3 is 2.14 bits per heavy atom. The van der Waals surface area contributed by atoms with E-state index in [1.165, 1.54) is 0 Å². The molecule has 28 heavy (non-hydrogen) atoms. The van der Waals surface area contributed by atoms with Gasteiger partial charge in [-0.1, -0.05) is 39.3 Å². The van der Waals surface area contributed by atoms with Crippen LogP contribution >= 0.6 is 23.4 Å². The van der Waals surface area contributed by atoms with Crippen molar-refractivity contribution in [2.24, 2.45) is 0 Å². The number of hydrogen-bond acceptors (Lipinski definition) is 5. The minimum Gasteiger partial charge on any atom is -0.296 e. The molecule has 2 aliphatic rings. The van der Waals surface area contributed by atoms with Crippen LogP contribution < -0.4 is 4.72 Å². The number of halogens is 1. The predicted octanol–water partition coefficient (Wildman–Crippen LogP) is 3.37. The van der Waals surface area contributed by atoms with E-state index < -0.39 is 21.2 Å². The van der Waals surface area contributed by atoms with Gasteiger partial charge in [-0.2, -0.15) is 11.8 Å². The molecule has 0 saturated carbocycles. The van der Waals surface area contributed by atoms with Crippen LogP contribution in [0.5, 0.6) is 0 Å². The minimum absolute atomic E-state index is 0.0487. The topological polar surface area (TPSA) is 66.5 Å². The monoisotopic (exact) mass is 444 g/mol. The first-order valence-corrected chi connectivity index (χ1v) is 12.8. The summed E-state index contributed by atoms with van der Waals surface area (Å²) in [5.74, 6) is 2.06. The molecule has 0 spiro atoms. The average molecular weight is 445 g/mol. The standard InChI is InChI=1S/C20H29ClN2O3S2/c1-12(2)17-5-14(21)6-18(13(3)4)19(17)7-20(24)22-28(25,26)16-8-23(9-16)15-10-27-11-15/h5-6,12-13,15-16H,7-11H2,1-4H3,(H,22,24). The van der Waals surface area contributed by atoms with Gasteiger partial charge in [0.15, 0.2) is 0 Å². The minimum atomic E-state index is -3.64. The number of likely N-dealkylation sites (tertiary alicyclic amines) is 1. The smallest absolute Gasteiger partial charge is 0.240 e. The Kier molecular flexibility index (Phi) is 6.69. The lowest BCUT2D eigenvalue weighted by atomic mass is 9.87. The highest BCUT2D eigenvalue weighted by atomic mass is 35.5. The Labute approximate surface area is 177 Å². The second-order valence-corrected chi connectivity index (χ2v) is 11.9. The number of nitrogens with zero attached hydrogens (tertiary/aromatic N) is 1. The molecule has 5 nitrogen and oxygen atoms in total. The molecule has 3 rings (SSSR count). The molecular formula is C20H29ClN2O3S2. The van der Waals surface area contributed by atoms with Crippen molar-refractivity contribution >= 4 is 39.3 Å². The molecule has 0 aromatic heterocycles. The number of thioether (sulfide) groups is 1. The van der Waals surface area contributed by atoms with E-state index in [9.17, 15) is 13.2 Å². The lowest BCUT2D eigenvalue weighted by Gasteiger charge is -2.46. The van der Waals surface area contributed by atoms with Crippen LogP contribution in [0.25, 0.3) is 0 Å². The van der Waals surface area contributed by atoms with Crippen LogP contribution in [0.3, 0.4) is 0 Å². The zero-order chi connectivity index (χ0) is 20.6. The van der Waals surface area contributed by atoms with Crippen molar-refractivity contribution in [3.8, 4) is 0 Å². The van der Waals surface area contributed by atoms with Crippen LogP contribution in [0, 0.1) is 0 Å². The van der Waals surface area contributed by atoms with Crippen LogP contribution in [0.4, 0.5) is 0 Å². The molecule has 0 aliphatic carbocycles. The first-order valence-electron chi connectivity index (χ1n) is 9.77. The summed E-state index contributed by atoms with van der Waals surface area (Å²) in [6, 6.07) is 4.27. The number of nitrogens with one attached hydrogen (secondary N) is 1. The molecule has 8 heteroatoms. The summed E-state index contributed by atoms with van der Waals surface area (Å²) in [7, 11) is -3.64. The molecule has 156 valence electrons. The van der Waals surface area contributed by atoms with Crippen molar-refractivity contribution in [1.29, 1.82) is 0 Å². The highest BCUT2D eigenvalue weighted by Crippen LogP contribution is 2.32. The molecule has 1 amide bonds. The van der Waals surface area contributed by atoms with Crippen molar-refractivity contribution in [1.82, 2.24) is 9.62 Å². The summed E-state index contributed by atoms with van der Waals surface area (Å²) in [4.78, 5) is 14.8. The molecule has 1 aromatic carbocycles. The van der Waals surface area contributed by atoms with E-state index >= 15 is 0 Å². The third-order valence-electron chi connectivity index (χ3n) is 5.57. The van der Waals surface area contributed by atoms with Gasteiger partial charge in [0.2, 0.25) is 15.9 Å². The van der Waals surface area contributed by atoms with E-state index in [0.29, 0.717) is 24.2 Å². The van der Waals surface area contributed by atoms with Gasteiger partial charge >= 0.3 is 0 Å². The molecule has 0 unspecified atom stereocenters. The maximum absolute atomic E-state index is 12.6. The summed E-state index contributed by atoms with van der Waals surface area (Å²) in [5, 5.41) is 0.148. The number of amides is 1. The quantitative estimate of drug-likeness (QED) is 0.698. The normalized spacial score (nSPS) is 19.0. The fraction of sp³-hybridized carbons (Fsp3) is 0.650. The van der Waals surface area contributed by atoms with Crippen molar-refractivity contribution in [2.45, 2.75) is 57.2 Å². The van der Waals surface area contributed by atoms with Crippen molar-refractivity contribution in [3.05, 3.63) is 33.8 Å². The summed E-state index contributed by atoms with van der Waals surface area (Å²) in [6.07, 6.45) is 0.0487. The molecule has 0 atom stereocenters. The summed E-state index contributed by atoms with van der Waals surface area (Å²) in [6.45, 7) is 9.24. The Balaban J connectivity index is 1.70. The molecule has 0 radical (unpaired) electrons. The molecule has 1 N–H and O–H groups in total. The fourth-order valence-corrected chi connectivity index (χ4v) is 6.19. The van der Waals surface area contributed by atoms with Gasteiger partial charge in [-0.05, 0) is 40.7 Å².